The fraction of sp³-hybridized carbons (Fsp3) is 0.316. The molecule has 0 saturated heterocycles. The number of nitrogens with zero attached hydrogens (tertiary/aromatic N) is 1. The van der Waals surface area contributed by atoms with E-state index in [0.29, 0.717) is 17.0 Å². The average Bonchev–Trinajstić information content (AvgIpc) is 2.86. The maximum absolute atomic E-state index is 12.9. The molecule has 2 rings (SSSR count). The summed E-state index contributed by atoms with van der Waals surface area (Å²) in [5.41, 5.74) is 1.30. The summed E-state index contributed by atoms with van der Waals surface area (Å²) in [5.74, 6) is -1.62. The van der Waals surface area contributed by atoms with Crippen LogP contribution in [0.25, 0.3) is 0 Å². The average molecular weight is 343 g/mol. The van der Waals surface area contributed by atoms with Gasteiger partial charge in [0.25, 0.3) is 5.91 Å². The highest BCUT2D eigenvalue weighted by atomic mass is 16.5. The van der Waals surface area contributed by atoms with Gasteiger partial charge >= 0.3 is 11.9 Å². The lowest BCUT2D eigenvalue weighted by Gasteiger charge is -2.08. The highest BCUT2D eigenvalue weighted by Gasteiger charge is 2.31. The summed E-state index contributed by atoms with van der Waals surface area (Å²) in [4.78, 5) is 37.6. The van der Waals surface area contributed by atoms with E-state index in [-0.39, 0.29) is 30.2 Å². The smallest absolute Gasteiger partial charge is 0.340 e. The van der Waals surface area contributed by atoms with Crippen molar-refractivity contribution >= 4 is 17.8 Å². The van der Waals surface area contributed by atoms with Crippen LogP contribution in [0.1, 0.15) is 56.3 Å². The normalized spacial score (nSPS) is 10.4. The molecule has 0 unspecified atom stereocenters. The van der Waals surface area contributed by atoms with Gasteiger partial charge in [0, 0.05) is 17.0 Å². The van der Waals surface area contributed by atoms with Gasteiger partial charge in [-0.2, -0.15) is 0 Å². The first kappa shape index (κ1) is 18.4. The molecule has 0 N–H and O–H groups in total. The van der Waals surface area contributed by atoms with E-state index in [1.807, 2.05) is 0 Å². The number of hydrogen-bond acceptors (Lipinski definition) is 5. The van der Waals surface area contributed by atoms with E-state index >= 15 is 0 Å². The number of hydrogen-bond donors (Lipinski definition) is 0. The molecule has 6 nitrogen and oxygen atoms in total. The lowest BCUT2D eigenvalue weighted by molar-refractivity contribution is 0.0479. The molecule has 1 heterocycles. The van der Waals surface area contributed by atoms with E-state index in [0.717, 1.165) is 0 Å². The summed E-state index contributed by atoms with van der Waals surface area (Å²) >= 11 is 0. The molecule has 6 heteroatoms. The molecular weight excluding hydrogens is 322 g/mol. The van der Waals surface area contributed by atoms with Crippen molar-refractivity contribution in [3.8, 4) is 0 Å². The van der Waals surface area contributed by atoms with E-state index < -0.39 is 11.9 Å². The lowest BCUT2D eigenvalue weighted by Crippen LogP contribution is -2.16. The van der Waals surface area contributed by atoms with E-state index in [2.05, 4.69) is 0 Å². The molecule has 0 spiro atoms. The minimum atomic E-state index is -0.647. The quantitative estimate of drug-likeness (QED) is 0.780. The second-order valence-electron chi connectivity index (χ2n) is 5.37. The number of esters is 2. The van der Waals surface area contributed by atoms with Gasteiger partial charge in [0.15, 0.2) is 0 Å². The largest absolute Gasteiger partial charge is 0.462 e. The van der Waals surface area contributed by atoms with Gasteiger partial charge in [-0.05, 0) is 39.8 Å². The SMILES string of the molecule is CCOC(=O)c1c(C(=O)OCC)c(C)n(C(=O)c2ccccc2)c1C. The Morgan fingerprint density at radius 3 is 1.68 bits per heavy atom. The van der Waals surface area contributed by atoms with Crippen molar-refractivity contribution < 1.29 is 23.9 Å². The van der Waals surface area contributed by atoms with Gasteiger partial charge in [-0.3, -0.25) is 9.36 Å². The standard InChI is InChI=1S/C19H21NO5/c1-5-24-18(22)15-12(3)20(13(4)16(15)19(23)25-6-2)17(21)14-10-8-7-9-11-14/h7-11H,5-6H2,1-4H3. The van der Waals surface area contributed by atoms with Gasteiger partial charge in [0.1, 0.15) is 0 Å². The van der Waals surface area contributed by atoms with Gasteiger partial charge in [-0.25, -0.2) is 9.59 Å². The molecule has 1 aromatic carbocycles. The molecule has 0 radical (unpaired) electrons. The molecule has 0 aliphatic heterocycles. The highest BCUT2D eigenvalue weighted by Crippen LogP contribution is 2.25. The van der Waals surface area contributed by atoms with Crippen LogP contribution in [0.4, 0.5) is 0 Å². The molecule has 132 valence electrons. The Balaban J connectivity index is 2.66. The van der Waals surface area contributed by atoms with Crippen LogP contribution < -0.4 is 0 Å². The Kier molecular flexibility index (Phi) is 5.75. The molecule has 0 aliphatic carbocycles. The molecule has 0 saturated carbocycles. The van der Waals surface area contributed by atoms with Gasteiger partial charge in [-0.15, -0.1) is 0 Å². The van der Waals surface area contributed by atoms with Crippen LogP contribution >= 0.6 is 0 Å². The monoisotopic (exact) mass is 343 g/mol. The first-order valence-corrected chi connectivity index (χ1v) is 8.09. The molecular formula is C19H21NO5. The van der Waals surface area contributed by atoms with Crippen molar-refractivity contribution in [3.63, 3.8) is 0 Å². The topological polar surface area (TPSA) is 74.6 Å². The summed E-state index contributed by atoms with van der Waals surface area (Å²) < 4.78 is 11.5. The maximum Gasteiger partial charge on any atom is 0.340 e. The summed E-state index contributed by atoms with van der Waals surface area (Å²) in [5, 5.41) is 0. The van der Waals surface area contributed by atoms with Crippen molar-refractivity contribution in [2.45, 2.75) is 27.7 Å². The predicted octanol–water partition coefficient (Wildman–Crippen LogP) is 3.15. The van der Waals surface area contributed by atoms with E-state index in [1.165, 1.54) is 4.57 Å². The minimum absolute atomic E-state index is 0.0714. The first-order valence-electron chi connectivity index (χ1n) is 8.09. The number of carbonyl (C=O) groups excluding carboxylic acids is 3. The molecule has 0 amide bonds. The number of rotatable bonds is 5. The zero-order chi connectivity index (χ0) is 18.6. The Labute approximate surface area is 146 Å². The number of aromatic nitrogens is 1. The zero-order valence-electron chi connectivity index (χ0n) is 14.8. The molecule has 1 aromatic heterocycles. The first-order chi connectivity index (χ1) is 11.9. The molecule has 25 heavy (non-hydrogen) atoms. The summed E-state index contributed by atoms with van der Waals surface area (Å²) in [7, 11) is 0. The van der Waals surface area contributed by atoms with Crippen molar-refractivity contribution in [1.82, 2.24) is 4.57 Å². The van der Waals surface area contributed by atoms with E-state index in [9.17, 15) is 14.4 Å². The predicted molar refractivity (Wildman–Crippen MR) is 92.0 cm³/mol. The van der Waals surface area contributed by atoms with Crippen LogP contribution in [0.2, 0.25) is 0 Å². The Hall–Kier alpha value is -2.89. The number of ether oxygens (including phenoxy) is 2. The van der Waals surface area contributed by atoms with Crippen LogP contribution in [0.15, 0.2) is 30.3 Å². The number of benzene rings is 1. The second kappa shape index (κ2) is 7.79. The fourth-order valence-electron chi connectivity index (χ4n) is 2.76. The van der Waals surface area contributed by atoms with Gasteiger partial charge in [0.05, 0.1) is 24.3 Å². The van der Waals surface area contributed by atoms with Gasteiger partial charge in [-0.1, -0.05) is 18.2 Å². The van der Waals surface area contributed by atoms with E-state index in [4.69, 9.17) is 9.47 Å². The minimum Gasteiger partial charge on any atom is -0.462 e. The molecule has 2 aromatic rings. The van der Waals surface area contributed by atoms with E-state index in [1.54, 1.807) is 58.0 Å². The third-order valence-electron chi connectivity index (χ3n) is 3.83. The second-order valence-corrected chi connectivity index (χ2v) is 5.37. The highest BCUT2D eigenvalue weighted by molar-refractivity contribution is 6.08. The molecule has 0 bridgehead atoms. The third kappa shape index (κ3) is 3.47. The van der Waals surface area contributed by atoms with Gasteiger partial charge < -0.3 is 9.47 Å². The van der Waals surface area contributed by atoms with Crippen LogP contribution in [-0.4, -0.2) is 35.6 Å². The zero-order valence-corrected chi connectivity index (χ0v) is 14.8. The lowest BCUT2D eigenvalue weighted by atomic mass is 10.1. The Bertz CT molecular complexity index is 763. The summed E-state index contributed by atoms with van der Waals surface area (Å²) in [6.45, 7) is 6.91. The van der Waals surface area contributed by atoms with Crippen molar-refractivity contribution in [3.05, 3.63) is 58.4 Å². The van der Waals surface area contributed by atoms with Crippen LogP contribution in [0.5, 0.6) is 0 Å². The Morgan fingerprint density at radius 2 is 1.28 bits per heavy atom. The number of carbonyl (C=O) groups is 3. The van der Waals surface area contributed by atoms with Crippen molar-refractivity contribution in [1.29, 1.82) is 0 Å². The maximum atomic E-state index is 12.9. The van der Waals surface area contributed by atoms with Crippen molar-refractivity contribution in [2.24, 2.45) is 0 Å². The Morgan fingerprint density at radius 1 is 0.840 bits per heavy atom. The molecule has 0 fully saturated rings. The summed E-state index contributed by atoms with van der Waals surface area (Å²) in [6, 6.07) is 8.66. The van der Waals surface area contributed by atoms with Crippen molar-refractivity contribution in [2.75, 3.05) is 13.2 Å². The van der Waals surface area contributed by atoms with Crippen LogP contribution in [0, 0.1) is 13.8 Å². The van der Waals surface area contributed by atoms with Gasteiger partial charge in [0.2, 0.25) is 0 Å². The summed E-state index contributed by atoms with van der Waals surface area (Å²) in [6.07, 6.45) is 0. The molecule has 0 aliphatic rings. The van der Waals surface area contributed by atoms with Crippen LogP contribution in [-0.2, 0) is 9.47 Å². The van der Waals surface area contributed by atoms with Crippen LogP contribution in [0.3, 0.4) is 0 Å². The third-order valence-corrected chi connectivity index (χ3v) is 3.83. The fourth-order valence-corrected chi connectivity index (χ4v) is 2.76. The molecule has 0 atom stereocenters.